The fraction of sp³-hybridized carbons (Fsp3) is 0.333. The van der Waals surface area contributed by atoms with E-state index in [-0.39, 0.29) is 5.82 Å². The van der Waals surface area contributed by atoms with Crippen LogP contribution in [0.15, 0.2) is 34.3 Å². The van der Waals surface area contributed by atoms with Crippen LogP contribution in [0.2, 0.25) is 0 Å². The van der Waals surface area contributed by atoms with E-state index >= 15 is 0 Å². The molecule has 0 amide bonds. The number of halogens is 3. The van der Waals surface area contributed by atoms with E-state index < -0.39 is 0 Å². The number of alkyl halides is 1. The second-order valence-electron chi connectivity index (χ2n) is 3.44. The van der Waals surface area contributed by atoms with Crippen LogP contribution in [-0.4, -0.2) is 5.33 Å². The molecule has 0 unspecified atom stereocenters. The fourth-order valence-corrected chi connectivity index (χ4v) is 2.06. The van der Waals surface area contributed by atoms with Gasteiger partial charge in [-0.15, -0.1) is 0 Å². The van der Waals surface area contributed by atoms with Gasteiger partial charge in [-0.2, -0.15) is 0 Å². The van der Waals surface area contributed by atoms with Crippen LogP contribution in [-0.2, 0) is 6.42 Å². The third-order valence-electron chi connectivity index (χ3n) is 2.09. The Labute approximate surface area is 107 Å². The van der Waals surface area contributed by atoms with Crippen molar-refractivity contribution in [1.29, 1.82) is 0 Å². The predicted octanol–water partition coefficient (Wildman–Crippen LogP) is 4.86. The number of allylic oxidation sites excluding steroid dienone is 2. The lowest BCUT2D eigenvalue weighted by molar-refractivity contribution is 0.626. The quantitative estimate of drug-likeness (QED) is 0.544. The molecule has 82 valence electrons. The van der Waals surface area contributed by atoms with E-state index in [4.69, 9.17) is 0 Å². The zero-order chi connectivity index (χ0) is 11.3. The fourth-order valence-electron chi connectivity index (χ4n) is 1.34. The third kappa shape index (κ3) is 4.47. The van der Waals surface area contributed by atoms with Crippen LogP contribution in [0.5, 0.6) is 0 Å². The Balaban J connectivity index is 2.72. The number of rotatable bonds is 4. The molecule has 0 fully saturated rings. The Bertz CT molecular complexity index is 359. The molecule has 0 atom stereocenters. The van der Waals surface area contributed by atoms with Crippen molar-refractivity contribution in [1.82, 2.24) is 0 Å². The van der Waals surface area contributed by atoms with Gasteiger partial charge in [0.15, 0.2) is 0 Å². The van der Waals surface area contributed by atoms with Gasteiger partial charge in [0.1, 0.15) is 5.82 Å². The second-order valence-corrected chi connectivity index (χ2v) is 5.09. The molecule has 15 heavy (non-hydrogen) atoms. The van der Waals surface area contributed by atoms with Gasteiger partial charge in [-0.1, -0.05) is 49.6 Å². The maximum Gasteiger partial charge on any atom is 0.124 e. The van der Waals surface area contributed by atoms with Crippen molar-refractivity contribution >= 4 is 31.9 Å². The summed E-state index contributed by atoms with van der Waals surface area (Å²) in [5, 5.41) is 0.981. The number of hydrogen-bond acceptors (Lipinski definition) is 0. The molecule has 0 N–H and O–H groups in total. The van der Waals surface area contributed by atoms with Gasteiger partial charge in [0.25, 0.3) is 0 Å². The number of hydrogen-bond donors (Lipinski definition) is 0. The molecule has 1 aromatic carbocycles. The molecular weight excluding hydrogens is 323 g/mol. The Morgan fingerprint density at radius 2 is 2.20 bits per heavy atom. The molecule has 1 rings (SSSR count). The zero-order valence-corrected chi connectivity index (χ0v) is 11.7. The van der Waals surface area contributed by atoms with E-state index in [2.05, 4.69) is 44.9 Å². The van der Waals surface area contributed by atoms with E-state index in [1.165, 1.54) is 17.7 Å². The second kappa shape index (κ2) is 6.44. The van der Waals surface area contributed by atoms with E-state index in [9.17, 15) is 4.39 Å². The lowest BCUT2D eigenvalue weighted by Crippen LogP contribution is -1.90. The molecule has 0 saturated carbocycles. The van der Waals surface area contributed by atoms with Gasteiger partial charge in [0.05, 0.1) is 0 Å². The lowest BCUT2D eigenvalue weighted by Gasteiger charge is -2.05. The Kier molecular flexibility index (Phi) is 5.54. The highest BCUT2D eigenvalue weighted by Crippen LogP contribution is 2.21. The maximum absolute atomic E-state index is 12.8. The summed E-state index contributed by atoms with van der Waals surface area (Å²) in [4.78, 5) is 0. The molecule has 0 nitrogen and oxygen atoms in total. The summed E-state index contributed by atoms with van der Waals surface area (Å²) in [6, 6.07) is 4.83. The molecule has 0 saturated heterocycles. The van der Waals surface area contributed by atoms with Crippen molar-refractivity contribution in [3.8, 4) is 0 Å². The minimum Gasteiger partial charge on any atom is -0.207 e. The van der Waals surface area contributed by atoms with Crippen molar-refractivity contribution in [2.24, 2.45) is 0 Å². The molecule has 0 heterocycles. The van der Waals surface area contributed by atoms with E-state index in [1.54, 1.807) is 0 Å². The summed E-state index contributed by atoms with van der Waals surface area (Å²) in [5.74, 6) is -0.201. The highest BCUT2D eigenvalue weighted by atomic mass is 79.9. The molecule has 0 bridgehead atoms. The van der Waals surface area contributed by atoms with Gasteiger partial charge in [-0.25, -0.2) is 4.39 Å². The molecule has 0 radical (unpaired) electrons. The van der Waals surface area contributed by atoms with Crippen LogP contribution in [0.1, 0.15) is 18.9 Å². The van der Waals surface area contributed by atoms with Gasteiger partial charge in [0, 0.05) is 9.80 Å². The normalized spacial score (nSPS) is 11.9. The van der Waals surface area contributed by atoms with Crippen LogP contribution in [0.4, 0.5) is 4.39 Å². The lowest BCUT2D eigenvalue weighted by atomic mass is 10.1. The van der Waals surface area contributed by atoms with Gasteiger partial charge in [-0.05, 0) is 37.5 Å². The first-order chi connectivity index (χ1) is 7.13. The van der Waals surface area contributed by atoms with Crippen molar-refractivity contribution in [3.05, 3.63) is 45.7 Å². The largest absolute Gasteiger partial charge is 0.207 e. The van der Waals surface area contributed by atoms with Gasteiger partial charge >= 0.3 is 0 Å². The van der Waals surface area contributed by atoms with Crippen LogP contribution < -0.4 is 0 Å². The van der Waals surface area contributed by atoms with E-state index in [1.807, 2.05) is 6.07 Å². The molecule has 3 heteroatoms. The topological polar surface area (TPSA) is 0 Å². The summed E-state index contributed by atoms with van der Waals surface area (Å²) in [6.07, 6.45) is 4.10. The molecule has 0 aliphatic heterocycles. The molecule has 0 aliphatic carbocycles. The van der Waals surface area contributed by atoms with Crippen molar-refractivity contribution in [3.63, 3.8) is 0 Å². The van der Waals surface area contributed by atoms with Crippen LogP contribution in [0, 0.1) is 5.82 Å². The summed E-state index contributed by atoms with van der Waals surface area (Å²) in [6.45, 7) is 2.10. The Morgan fingerprint density at radius 1 is 1.47 bits per heavy atom. The average molecular weight is 336 g/mol. The molecule has 0 aromatic heterocycles. The van der Waals surface area contributed by atoms with Gasteiger partial charge in [0.2, 0.25) is 0 Å². The van der Waals surface area contributed by atoms with Crippen molar-refractivity contribution < 1.29 is 4.39 Å². The van der Waals surface area contributed by atoms with E-state index in [0.29, 0.717) is 0 Å². The third-order valence-corrected chi connectivity index (χ3v) is 3.28. The maximum atomic E-state index is 12.8. The highest BCUT2D eigenvalue weighted by Gasteiger charge is 2.01. The predicted molar refractivity (Wildman–Crippen MR) is 70.0 cm³/mol. The molecule has 0 spiro atoms. The highest BCUT2D eigenvalue weighted by molar-refractivity contribution is 9.10. The van der Waals surface area contributed by atoms with Crippen molar-refractivity contribution in [2.45, 2.75) is 19.8 Å². The minimum absolute atomic E-state index is 0.201. The number of benzene rings is 1. The smallest absolute Gasteiger partial charge is 0.124 e. The SMILES string of the molecule is CC(=CCCBr)Cc1ccc(F)cc1Br. The first-order valence-electron chi connectivity index (χ1n) is 4.79. The van der Waals surface area contributed by atoms with Gasteiger partial charge in [-0.3, -0.25) is 0 Å². The summed E-state index contributed by atoms with van der Waals surface area (Å²) in [5.41, 5.74) is 2.43. The Morgan fingerprint density at radius 3 is 2.80 bits per heavy atom. The van der Waals surface area contributed by atoms with Gasteiger partial charge < -0.3 is 0 Å². The van der Waals surface area contributed by atoms with E-state index in [0.717, 1.165) is 28.2 Å². The first kappa shape index (κ1) is 12.9. The zero-order valence-electron chi connectivity index (χ0n) is 8.56. The van der Waals surface area contributed by atoms with Crippen LogP contribution in [0.3, 0.4) is 0 Å². The van der Waals surface area contributed by atoms with Crippen molar-refractivity contribution in [2.75, 3.05) is 5.33 Å². The van der Waals surface area contributed by atoms with Crippen LogP contribution >= 0.6 is 31.9 Å². The standard InChI is InChI=1S/C12H13Br2F/c1-9(3-2-6-13)7-10-4-5-11(15)8-12(10)14/h3-5,8H,2,6-7H2,1H3. The minimum atomic E-state index is -0.201. The monoisotopic (exact) mass is 334 g/mol. The molecule has 0 aliphatic rings. The molecule has 1 aromatic rings. The average Bonchev–Trinajstić information content (AvgIpc) is 2.19. The van der Waals surface area contributed by atoms with Crippen LogP contribution in [0.25, 0.3) is 0 Å². The summed E-state index contributed by atoms with van der Waals surface area (Å²) >= 11 is 6.75. The summed E-state index contributed by atoms with van der Waals surface area (Å²) in [7, 11) is 0. The first-order valence-corrected chi connectivity index (χ1v) is 6.70. The Hall–Kier alpha value is -0.150. The summed E-state index contributed by atoms with van der Waals surface area (Å²) < 4.78 is 13.7. The molecular formula is C12H13Br2F.